The summed E-state index contributed by atoms with van der Waals surface area (Å²) >= 11 is 0. The molecule has 0 fully saturated rings. The molecule has 1 aliphatic heterocycles. The average Bonchev–Trinajstić information content (AvgIpc) is 2.56. The van der Waals surface area contributed by atoms with Crippen LogP contribution in [0.4, 0.5) is 5.69 Å². The van der Waals surface area contributed by atoms with Gasteiger partial charge in [0.15, 0.2) is 0 Å². The van der Waals surface area contributed by atoms with Gasteiger partial charge in [0.1, 0.15) is 0 Å². The molecule has 1 aromatic carbocycles. The molecule has 2 amide bonds. The lowest BCUT2D eigenvalue weighted by atomic mass is 9.95. The average molecular weight is 230 g/mol. The van der Waals surface area contributed by atoms with Crippen LogP contribution >= 0.6 is 0 Å². The first-order valence-electron chi connectivity index (χ1n) is 5.44. The third kappa shape index (κ3) is 2.20. The fourth-order valence-corrected chi connectivity index (χ4v) is 2.07. The van der Waals surface area contributed by atoms with E-state index in [1.54, 1.807) is 6.08 Å². The number of hydrogen-bond donors (Lipinski definition) is 2. The van der Waals surface area contributed by atoms with E-state index in [2.05, 4.69) is 11.9 Å². The van der Waals surface area contributed by atoms with Gasteiger partial charge in [0.2, 0.25) is 11.8 Å². The summed E-state index contributed by atoms with van der Waals surface area (Å²) in [5, 5.41) is 2.75. The molecule has 2 rings (SSSR count). The van der Waals surface area contributed by atoms with Gasteiger partial charge in [0, 0.05) is 12.1 Å². The van der Waals surface area contributed by atoms with Crippen LogP contribution in [-0.4, -0.2) is 11.8 Å². The Balaban J connectivity index is 2.35. The molecule has 1 unspecified atom stereocenters. The number of benzene rings is 1. The first kappa shape index (κ1) is 11.4. The zero-order valence-corrected chi connectivity index (χ0v) is 9.40. The molecule has 1 heterocycles. The van der Waals surface area contributed by atoms with Gasteiger partial charge in [-0.3, -0.25) is 9.59 Å². The monoisotopic (exact) mass is 230 g/mol. The zero-order chi connectivity index (χ0) is 12.4. The van der Waals surface area contributed by atoms with Crippen LogP contribution in [-0.2, 0) is 16.0 Å². The molecule has 4 nitrogen and oxygen atoms in total. The summed E-state index contributed by atoms with van der Waals surface area (Å²) in [6, 6.07) is 5.73. The summed E-state index contributed by atoms with van der Waals surface area (Å²) in [5.41, 5.74) is 7.85. The Hall–Kier alpha value is -2.10. The van der Waals surface area contributed by atoms with E-state index in [4.69, 9.17) is 5.73 Å². The van der Waals surface area contributed by atoms with E-state index in [1.807, 2.05) is 18.2 Å². The van der Waals surface area contributed by atoms with Crippen molar-refractivity contribution >= 4 is 17.5 Å². The highest BCUT2D eigenvalue weighted by molar-refractivity contribution is 6.04. The highest BCUT2D eigenvalue weighted by Gasteiger charge is 2.31. The zero-order valence-electron chi connectivity index (χ0n) is 9.40. The Morgan fingerprint density at radius 1 is 1.53 bits per heavy atom. The third-order valence-corrected chi connectivity index (χ3v) is 2.85. The Morgan fingerprint density at radius 3 is 2.94 bits per heavy atom. The topological polar surface area (TPSA) is 72.2 Å². The van der Waals surface area contributed by atoms with Gasteiger partial charge in [0.25, 0.3) is 0 Å². The van der Waals surface area contributed by atoms with Gasteiger partial charge in [-0.2, -0.15) is 0 Å². The molecule has 0 saturated carbocycles. The standard InChI is InChI=1S/C13H14N2O2/c1-2-3-8-4-5-11-9(6-8)10(7-12(14)16)13(17)15-11/h2,4-6,10H,1,3,7H2,(H2,14,16)(H,15,17). The van der Waals surface area contributed by atoms with Crippen molar-refractivity contribution < 1.29 is 9.59 Å². The fraction of sp³-hybridized carbons (Fsp3) is 0.231. The van der Waals surface area contributed by atoms with Crippen LogP contribution in [0.5, 0.6) is 0 Å². The lowest BCUT2D eigenvalue weighted by Crippen LogP contribution is -2.20. The fourth-order valence-electron chi connectivity index (χ4n) is 2.07. The molecule has 3 N–H and O–H groups in total. The molecule has 0 radical (unpaired) electrons. The summed E-state index contributed by atoms with van der Waals surface area (Å²) in [7, 11) is 0. The number of allylic oxidation sites excluding steroid dienone is 1. The van der Waals surface area contributed by atoms with Crippen molar-refractivity contribution in [2.24, 2.45) is 5.73 Å². The SMILES string of the molecule is C=CCc1ccc2c(c1)C(CC(N)=O)C(=O)N2. The lowest BCUT2D eigenvalue weighted by Gasteiger charge is -2.07. The number of hydrogen-bond acceptors (Lipinski definition) is 2. The first-order chi connectivity index (χ1) is 8.11. The molecule has 0 saturated heterocycles. The highest BCUT2D eigenvalue weighted by atomic mass is 16.2. The molecular weight excluding hydrogens is 216 g/mol. The number of fused-ring (bicyclic) bond motifs is 1. The molecule has 0 aromatic heterocycles. The molecule has 17 heavy (non-hydrogen) atoms. The summed E-state index contributed by atoms with van der Waals surface area (Å²) in [5.74, 6) is -1.08. The normalized spacial score (nSPS) is 17.4. The van der Waals surface area contributed by atoms with E-state index < -0.39 is 11.8 Å². The van der Waals surface area contributed by atoms with Crippen LogP contribution in [0.3, 0.4) is 0 Å². The van der Waals surface area contributed by atoms with Crippen LogP contribution in [0.15, 0.2) is 30.9 Å². The molecule has 1 aromatic rings. The second-order valence-corrected chi connectivity index (χ2v) is 4.13. The maximum atomic E-state index is 11.7. The van der Waals surface area contributed by atoms with Crippen LogP contribution in [0.25, 0.3) is 0 Å². The minimum absolute atomic E-state index is 0.0520. The van der Waals surface area contributed by atoms with Crippen molar-refractivity contribution in [3.63, 3.8) is 0 Å². The van der Waals surface area contributed by atoms with Crippen molar-refractivity contribution in [3.8, 4) is 0 Å². The van der Waals surface area contributed by atoms with Crippen molar-refractivity contribution in [1.82, 2.24) is 0 Å². The van der Waals surface area contributed by atoms with Crippen LogP contribution in [0, 0.1) is 0 Å². The second kappa shape index (κ2) is 4.41. The smallest absolute Gasteiger partial charge is 0.232 e. The Morgan fingerprint density at radius 2 is 2.29 bits per heavy atom. The maximum Gasteiger partial charge on any atom is 0.232 e. The molecule has 1 aliphatic rings. The van der Waals surface area contributed by atoms with E-state index >= 15 is 0 Å². The van der Waals surface area contributed by atoms with Gasteiger partial charge >= 0.3 is 0 Å². The summed E-state index contributed by atoms with van der Waals surface area (Å²) in [6.07, 6.45) is 2.59. The van der Waals surface area contributed by atoms with Gasteiger partial charge in [0.05, 0.1) is 5.92 Å². The molecule has 0 bridgehead atoms. The van der Waals surface area contributed by atoms with E-state index in [0.29, 0.717) is 0 Å². The number of nitrogens with two attached hydrogens (primary N) is 1. The molecule has 88 valence electrons. The van der Waals surface area contributed by atoms with E-state index in [0.717, 1.165) is 23.2 Å². The van der Waals surface area contributed by atoms with E-state index in [9.17, 15) is 9.59 Å². The largest absolute Gasteiger partial charge is 0.370 e. The van der Waals surface area contributed by atoms with Gasteiger partial charge < -0.3 is 11.1 Å². The third-order valence-electron chi connectivity index (χ3n) is 2.85. The maximum absolute atomic E-state index is 11.7. The number of carbonyl (C=O) groups is 2. The first-order valence-corrected chi connectivity index (χ1v) is 5.44. The number of rotatable bonds is 4. The van der Waals surface area contributed by atoms with E-state index in [-0.39, 0.29) is 12.3 Å². The minimum Gasteiger partial charge on any atom is -0.370 e. The minimum atomic E-state index is -0.466. The predicted octanol–water partition coefficient (Wildman–Crippen LogP) is 1.33. The van der Waals surface area contributed by atoms with Crippen LogP contribution < -0.4 is 11.1 Å². The number of primary amides is 1. The van der Waals surface area contributed by atoms with Gasteiger partial charge in [-0.25, -0.2) is 0 Å². The molecular formula is C13H14N2O2. The van der Waals surface area contributed by atoms with Crippen LogP contribution in [0.1, 0.15) is 23.5 Å². The van der Waals surface area contributed by atoms with Crippen LogP contribution in [0.2, 0.25) is 0 Å². The van der Waals surface area contributed by atoms with Gasteiger partial charge in [-0.05, 0) is 23.6 Å². The highest BCUT2D eigenvalue weighted by Crippen LogP contribution is 2.35. The number of nitrogens with one attached hydrogen (secondary N) is 1. The Kier molecular flexibility index (Phi) is 2.95. The van der Waals surface area contributed by atoms with Crippen molar-refractivity contribution in [2.75, 3.05) is 5.32 Å². The molecule has 1 atom stereocenters. The Labute approximate surface area is 99.5 Å². The molecule has 4 heteroatoms. The quantitative estimate of drug-likeness (QED) is 0.766. The molecule has 0 aliphatic carbocycles. The van der Waals surface area contributed by atoms with Gasteiger partial charge in [-0.1, -0.05) is 18.2 Å². The van der Waals surface area contributed by atoms with E-state index in [1.165, 1.54) is 0 Å². The summed E-state index contributed by atoms with van der Waals surface area (Å²) in [6.45, 7) is 3.68. The van der Waals surface area contributed by atoms with Crippen molar-refractivity contribution in [1.29, 1.82) is 0 Å². The second-order valence-electron chi connectivity index (χ2n) is 4.13. The summed E-state index contributed by atoms with van der Waals surface area (Å²) < 4.78 is 0. The number of anilines is 1. The van der Waals surface area contributed by atoms with Gasteiger partial charge in [-0.15, -0.1) is 6.58 Å². The number of amides is 2. The molecule has 0 spiro atoms. The van der Waals surface area contributed by atoms with Crippen molar-refractivity contribution in [2.45, 2.75) is 18.8 Å². The van der Waals surface area contributed by atoms with Crippen molar-refractivity contribution in [3.05, 3.63) is 42.0 Å². The summed E-state index contributed by atoms with van der Waals surface area (Å²) in [4.78, 5) is 22.6. The number of carbonyl (C=O) groups excluding carboxylic acids is 2. The Bertz CT molecular complexity index is 494. The predicted molar refractivity (Wildman–Crippen MR) is 65.5 cm³/mol. The lowest BCUT2D eigenvalue weighted by molar-refractivity contribution is -0.123.